The minimum atomic E-state index is -3.22. The van der Waals surface area contributed by atoms with Crippen molar-refractivity contribution in [2.45, 2.75) is 20.3 Å². The maximum absolute atomic E-state index is 12.0. The average molecular weight is 298 g/mol. The van der Waals surface area contributed by atoms with E-state index in [0.29, 0.717) is 25.2 Å². The second kappa shape index (κ2) is 7.40. The number of rotatable bonds is 7. The number of nitrogens with zero attached hydrogens (tertiary/aromatic N) is 1. The Balaban J connectivity index is 2.55. The minimum Gasteiger partial charge on any atom is -0.351 e. The third-order valence-electron chi connectivity index (χ3n) is 2.98. The molecule has 1 amide bonds. The van der Waals surface area contributed by atoms with Crippen LogP contribution in [0.2, 0.25) is 0 Å². The predicted octanol–water partition coefficient (Wildman–Crippen LogP) is 1.40. The van der Waals surface area contributed by atoms with Crippen molar-refractivity contribution in [3.8, 4) is 0 Å². The van der Waals surface area contributed by atoms with E-state index in [4.69, 9.17) is 0 Å². The van der Waals surface area contributed by atoms with Gasteiger partial charge in [-0.25, -0.2) is 12.7 Å². The number of carbonyl (C=O) groups is 1. The highest BCUT2D eigenvalue weighted by Gasteiger charge is 2.15. The molecule has 0 aromatic heterocycles. The summed E-state index contributed by atoms with van der Waals surface area (Å²) < 4.78 is 24.4. The number of amides is 1. The summed E-state index contributed by atoms with van der Waals surface area (Å²) >= 11 is 0. The molecule has 0 heterocycles. The number of hydrogen-bond acceptors (Lipinski definition) is 3. The summed E-state index contributed by atoms with van der Waals surface area (Å²) in [6.07, 6.45) is 1.94. The van der Waals surface area contributed by atoms with Gasteiger partial charge in [-0.05, 0) is 25.0 Å². The van der Waals surface area contributed by atoms with Crippen molar-refractivity contribution in [2.24, 2.45) is 0 Å². The van der Waals surface area contributed by atoms with Gasteiger partial charge >= 0.3 is 0 Å². The Morgan fingerprint density at radius 2 is 1.90 bits per heavy atom. The molecule has 5 nitrogen and oxygen atoms in total. The molecule has 1 N–H and O–H groups in total. The van der Waals surface area contributed by atoms with E-state index in [-0.39, 0.29) is 5.91 Å². The highest BCUT2D eigenvalue weighted by Crippen LogP contribution is 2.06. The molecule has 0 atom stereocenters. The average Bonchev–Trinajstić information content (AvgIpc) is 2.37. The first-order valence-electron chi connectivity index (χ1n) is 6.65. The summed E-state index contributed by atoms with van der Waals surface area (Å²) in [6, 6.07) is 7.31. The Bertz CT molecular complexity index is 555. The Labute approximate surface area is 121 Å². The number of aryl methyl sites for hydroxylation is 1. The van der Waals surface area contributed by atoms with Gasteiger partial charge in [-0.2, -0.15) is 0 Å². The standard InChI is InChI=1S/C14H22N2O3S/c1-4-10-16(20(3,18)19)11-9-15-14(17)13-8-6-5-7-12(13)2/h5-8H,4,9-11H2,1-3H3,(H,15,17). The quantitative estimate of drug-likeness (QED) is 0.827. The van der Waals surface area contributed by atoms with Crippen LogP contribution in [-0.2, 0) is 10.0 Å². The van der Waals surface area contributed by atoms with Gasteiger partial charge in [-0.3, -0.25) is 4.79 Å². The second-order valence-electron chi connectivity index (χ2n) is 4.73. The van der Waals surface area contributed by atoms with Crippen LogP contribution < -0.4 is 5.32 Å². The van der Waals surface area contributed by atoms with Crippen LogP contribution in [0.4, 0.5) is 0 Å². The van der Waals surface area contributed by atoms with Gasteiger partial charge in [-0.15, -0.1) is 0 Å². The van der Waals surface area contributed by atoms with Crippen molar-refractivity contribution in [1.29, 1.82) is 0 Å². The molecule has 0 unspecified atom stereocenters. The van der Waals surface area contributed by atoms with Gasteiger partial charge in [-0.1, -0.05) is 25.1 Å². The summed E-state index contributed by atoms with van der Waals surface area (Å²) in [5.41, 5.74) is 1.52. The molecule has 0 aliphatic rings. The molecule has 0 aliphatic carbocycles. The molecule has 0 spiro atoms. The minimum absolute atomic E-state index is 0.173. The van der Waals surface area contributed by atoms with Crippen LogP contribution in [0.1, 0.15) is 29.3 Å². The molecule has 0 saturated carbocycles. The Morgan fingerprint density at radius 1 is 1.25 bits per heavy atom. The summed E-state index contributed by atoms with van der Waals surface area (Å²) in [4.78, 5) is 12.0. The van der Waals surface area contributed by atoms with Crippen LogP contribution in [0, 0.1) is 6.92 Å². The first-order valence-corrected chi connectivity index (χ1v) is 8.50. The lowest BCUT2D eigenvalue weighted by Gasteiger charge is -2.19. The SMILES string of the molecule is CCCN(CCNC(=O)c1ccccc1C)S(C)(=O)=O. The normalized spacial score (nSPS) is 11.6. The predicted molar refractivity (Wildman–Crippen MR) is 80.2 cm³/mol. The number of hydrogen-bond donors (Lipinski definition) is 1. The molecule has 0 aliphatic heterocycles. The molecule has 1 aromatic carbocycles. The van der Waals surface area contributed by atoms with Crippen molar-refractivity contribution in [1.82, 2.24) is 9.62 Å². The molecule has 0 bridgehead atoms. The molecule has 0 saturated heterocycles. The summed E-state index contributed by atoms with van der Waals surface area (Å²) in [5, 5.41) is 2.76. The lowest BCUT2D eigenvalue weighted by Crippen LogP contribution is -2.38. The maximum Gasteiger partial charge on any atom is 0.251 e. The Hall–Kier alpha value is -1.40. The van der Waals surface area contributed by atoms with E-state index < -0.39 is 10.0 Å². The molecule has 0 fully saturated rings. The highest BCUT2D eigenvalue weighted by molar-refractivity contribution is 7.88. The highest BCUT2D eigenvalue weighted by atomic mass is 32.2. The summed E-state index contributed by atoms with van der Waals surface area (Å²) in [7, 11) is -3.22. The maximum atomic E-state index is 12.0. The Morgan fingerprint density at radius 3 is 2.45 bits per heavy atom. The van der Waals surface area contributed by atoms with E-state index in [1.165, 1.54) is 10.6 Å². The number of carbonyl (C=O) groups excluding carboxylic acids is 1. The fourth-order valence-electron chi connectivity index (χ4n) is 1.91. The van der Waals surface area contributed by atoms with Gasteiger partial charge in [0.05, 0.1) is 6.26 Å². The monoisotopic (exact) mass is 298 g/mol. The van der Waals surface area contributed by atoms with Crippen LogP contribution >= 0.6 is 0 Å². The van der Waals surface area contributed by atoms with Crippen molar-refractivity contribution >= 4 is 15.9 Å². The van der Waals surface area contributed by atoms with E-state index in [2.05, 4.69) is 5.32 Å². The van der Waals surface area contributed by atoms with E-state index >= 15 is 0 Å². The number of nitrogens with one attached hydrogen (secondary N) is 1. The van der Waals surface area contributed by atoms with Gasteiger partial charge in [0.15, 0.2) is 0 Å². The summed E-state index contributed by atoms with van der Waals surface area (Å²) in [5.74, 6) is -0.173. The van der Waals surface area contributed by atoms with E-state index in [0.717, 1.165) is 12.0 Å². The molecule has 0 radical (unpaired) electrons. The molecule has 1 aromatic rings. The second-order valence-corrected chi connectivity index (χ2v) is 6.72. The molecular weight excluding hydrogens is 276 g/mol. The third kappa shape index (κ3) is 4.94. The van der Waals surface area contributed by atoms with Crippen LogP contribution in [0.3, 0.4) is 0 Å². The van der Waals surface area contributed by atoms with Crippen molar-refractivity contribution in [3.05, 3.63) is 35.4 Å². The molecular formula is C14H22N2O3S. The van der Waals surface area contributed by atoms with E-state index in [1.54, 1.807) is 6.07 Å². The van der Waals surface area contributed by atoms with Crippen LogP contribution in [0.15, 0.2) is 24.3 Å². The van der Waals surface area contributed by atoms with E-state index in [1.807, 2.05) is 32.0 Å². The van der Waals surface area contributed by atoms with Crippen LogP contribution in [0.5, 0.6) is 0 Å². The van der Waals surface area contributed by atoms with Crippen molar-refractivity contribution in [2.75, 3.05) is 25.9 Å². The third-order valence-corrected chi connectivity index (χ3v) is 4.28. The van der Waals surface area contributed by atoms with Crippen LogP contribution in [-0.4, -0.2) is 44.5 Å². The zero-order chi connectivity index (χ0) is 15.2. The van der Waals surface area contributed by atoms with Crippen molar-refractivity contribution in [3.63, 3.8) is 0 Å². The molecule has 6 heteroatoms. The number of sulfonamides is 1. The molecule has 112 valence electrons. The topological polar surface area (TPSA) is 66.5 Å². The fourth-order valence-corrected chi connectivity index (χ4v) is 2.85. The smallest absolute Gasteiger partial charge is 0.251 e. The Kier molecular flexibility index (Phi) is 6.16. The first-order chi connectivity index (χ1) is 9.36. The van der Waals surface area contributed by atoms with Gasteiger partial charge < -0.3 is 5.32 Å². The van der Waals surface area contributed by atoms with Crippen molar-refractivity contribution < 1.29 is 13.2 Å². The zero-order valence-corrected chi connectivity index (χ0v) is 13.0. The summed E-state index contributed by atoms with van der Waals surface area (Å²) in [6.45, 7) is 4.86. The van der Waals surface area contributed by atoms with E-state index in [9.17, 15) is 13.2 Å². The van der Waals surface area contributed by atoms with Gasteiger partial charge in [0.25, 0.3) is 5.91 Å². The van der Waals surface area contributed by atoms with Gasteiger partial charge in [0.1, 0.15) is 0 Å². The lowest BCUT2D eigenvalue weighted by molar-refractivity contribution is 0.0951. The van der Waals surface area contributed by atoms with Gasteiger partial charge in [0, 0.05) is 25.2 Å². The van der Waals surface area contributed by atoms with Gasteiger partial charge in [0.2, 0.25) is 10.0 Å². The zero-order valence-electron chi connectivity index (χ0n) is 12.2. The number of benzene rings is 1. The van der Waals surface area contributed by atoms with Crippen LogP contribution in [0.25, 0.3) is 0 Å². The lowest BCUT2D eigenvalue weighted by atomic mass is 10.1. The molecule has 1 rings (SSSR count). The largest absolute Gasteiger partial charge is 0.351 e. The fraction of sp³-hybridized carbons (Fsp3) is 0.500. The molecule has 20 heavy (non-hydrogen) atoms. The first kappa shape index (κ1) is 16.7.